The van der Waals surface area contributed by atoms with Crippen LogP contribution in [0.2, 0.25) is 0 Å². The van der Waals surface area contributed by atoms with Crippen LogP contribution in [0.3, 0.4) is 0 Å². The van der Waals surface area contributed by atoms with Crippen molar-refractivity contribution in [3.63, 3.8) is 0 Å². The van der Waals surface area contributed by atoms with E-state index in [1.165, 1.54) is 24.9 Å². The molecule has 1 aromatic rings. The Morgan fingerprint density at radius 2 is 1.77 bits per heavy atom. The van der Waals surface area contributed by atoms with Crippen LogP contribution < -0.4 is 0 Å². The molecule has 1 atom stereocenters. The molecule has 0 amide bonds. The quantitative estimate of drug-likeness (QED) is 0.793. The monoisotopic (exact) mass is 356 g/mol. The standard InChI is InChI=1S/C22H32N2O2/c25-15-2-1-4-19-6-8-20(9-7-19)16-23-12-3-5-22(17-23)24-13-10-21(18-26)11-14-24/h6-9,21-22,25-26H,2-3,5,10-18H2/t22-/m1/s1. The lowest BCUT2D eigenvalue weighted by atomic mass is 9.94. The normalized spacial score (nSPS) is 22.8. The Bertz CT molecular complexity index is 597. The number of aliphatic hydroxyl groups is 2. The van der Waals surface area contributed by atoms with Crippen LogP contribution in [-0.4, -0.2) is 65.4 Å². The van der Waals surface area contributed by atoms with Crippen LogP contribution in [0.1, 0.15) is 43.2 Å². The van der Waals surface area contributed by atoms with Crippen LogP contribution in [0.4, 0.5) is 0 Å². The molecule has 2 aliphatic rings. The number of aliphatic hydroxyl groups excluding tert-OH is 2. The maximum absolute atomic E-state index is 9.33. The van der Waals surface area contributed by atoms with E-state index in [9.17, 15) is 5.11 Å². The molecular weight excluding hydrogens is 324 g/mol. The summed E-state index contributed by atoms with van der Waals surface area (Å²) in [5.74, 6) is 6.58. The largest absolute Gasteiger partial charge is 0.396 e. The van der Waals surface area contributed by atoms with Crippen LogP contribution in [0.5, 0.6) is 0 Å². The van der Waals surface area contributed by atoms with Crippen molar-refractivity contribution in [3.8, 4) is 11.8 Å². The molecule has 4 nitrogen and oxygen atoms in total. The molecular formula is C22H32N2O2. The molecule has 4 heteroatoms. The summed E-state index contributed by atoms with van der Waals surface area (Å²) in [4.78, 5) is 5.23. The molecule has 142 valence electrons. The SMILES string of the molecule is OCCC#Cc1ccc(CN2CCC[C@@H](N3CCC(CO)CC3)C2)cc1. The fourth-order valence-electron chi connectivity index (χ4n) is 4.15. The van der Waals surface area contributed by atoms with Crippen LogP contribution >= 0.6 is 0 Å². The van der Waals surface area contributed by atoms with Crippen molar-refractivity contribution in [2.45, 2.75) is 44.7 Å². The zero-order chi connectivity index (χ0) is 18.2. The Balaban J connectivity index is 1.50. The molecule has 26 heavy (non-hydrogen) atoms. The molecule has 2 fully saturated rings. The van der Waals surface area contributed by atoms with E-state index < -0.39 is 0 Å². The second kappa shape index (κ2) is 10.1. The lowest BCUT2D eigenvalue weighted by molar-refractivity contribution is 0.0544. The minimum atomic E-state index is 0.124. The third-order valence-corrected chi connectivity index (χ3v) is 5.73. The molecule has 2 heterocycles. The van der Waals surface area contributed by atoms with Gasteiger partial charge in [-0.25, -0.2) is 0 Å². The molecule has 2 aliphatic heterocycles. The Hall–Kier alpha value is -1.38. The number of likely N-dealkylation sites (tertiary alicyclic amines) is 2. The van der Waals surface area contributed by atoms with Gasteiger partial charge in [0.2, 0.25) is 0 Å². The van der Waals surface area contributed by atoms with Gasteiger partial charge in [-0.05, 0) is 68.9 Å². The van der Waals surface area contributed by atoms with Gasteiger partial charge in [0, 0.05) is 37.7 Å². The second-order valence-corrected chi connectivity index (χ2v) is 7.67. The molecule has 0 spiro atoms. The average Bonchev–Trinajstić information content (AvgIpc) is 2.70. The van der Waals surface area contributed by atoms with E-state index in [1.807, 2.05) is 0 Å². The van der Waals surface area contributed by atoms with E-state index in [-0.39, 0.29) is 6.61 Å². The van der Waals surface area contributed by atoms with Crippen molar-refractivity contribution in [3.05, 3.63) is 35.4 Å². The molecule has 2 N–H and O–H groups in total. The van der Waals surface area contributed by atoms with E-state index >= 15 is 0 Å². The van der Waals surface area contributed by atoms with E-state index in [4.69, 9.17) is 5.11 Å². The Morgan fingerprint density at radius 3 is 2.46 bits per heavy atom. The number of rotatable bonds is 5. The van der Waals surface area contributed by atoms with E-state index in [2.05, 4.69) is 45.9 Å². The topological polar surface area (TPSA) is 46.9 Å². The Labute approximate surface area is 157 Å². The summed E-state index contributed by atoms with van der Waals surface area (Å²) in [6.45, 7) is 6.11. The maximum Gasteiger partial charge on any atom is 0.0540 e. The predicted molar refractivity (Wildman–Crippen MR) is 105 cm³/mol. The van der Waals surface area contributed by atoms with Gasteiger partial charge in [0.05, 0.1) is 6.61 Å². The highest BCUT2D eigenvalue weighted by Crippen LogP contribution is 2.24. The highest BCUT2D eigenvalue weighted by atomic mass is 16.3. The number of hydrogen-bond donors (Lipinski definition) is 2. The van der Waals surface area contributed by atoms with Crippen molar-refractivity contribution < 1.29 is 10.2 Å². The summed E-state index contributed by atoms with van der Waals surface area (Å²) < 4.78 is 0. The van der Waals surface area contributed by atoms with Gasteiger partial charge in [-0.2, -0.15) is 0 Å². The zero-order valence-corrected chi connectivity index (χ0v) is 15.7. The second-order valence-electron chi connectivity index (χ2n) is 7.67. The maximum atomic E-state index is 9.33. The van der Waals surface area contributed by atoms with Crippen LogP contribution in [-0.2, 0) is 6.54 Å². The third kappa shape index (κ3) is 5.56. The van der Waals surface area contributed by atoms with E-state index in [1.54, 1.807) is 0 Å². The van der Waals surface area contributed by atoms with Gasteiger partial charge < -0.3 is 10.2 Å². The van der Waals surface area contributed by atoms with Crippen molar-refractivity contribution in [2.24, 2.45) is 5.92 Å². The van der Waals surface area contributed by atoms with E-state index in [0.29, 0.717) is 25.0 Å². The number of hydrogen-bond acceptors (Lipinski definition) is 4. The molecule has 0 aliphatic carbocycles. The third-order valence-electron chi connectivity index (χ3n) is 5.73. The van der Waals surface area contributed by atoms with Crippen molar-refractivity contribution in [1.82, 2.24) is 9.80 Å². The van der Waals surface area contributed by atoms with Gasteiger partial charge in [-0.3, -0.25) is 9.80 Å². The molecule has 0 radical (unpaired) electrons. The van der Waals surface area contributed by atoms with Crippen molar-refractivity contribution in [2.75, 3.05) is 39.4 Å². The number of benzene rings is 1. The van der Waals surface area contributed by atoms with Gasteiger partial charge in [-0.15, -0.1) is 0 Å². The molecule has 0 bridgehead atoms. The summed E-state index contributed by atoms with van der Waals surface area (Å²) in [5.41, 5.74) is 2.36. The minimum Gasteiger partial charge on any atom is -0.396 e. The fraction of sp³-hybridized carbons (Fsp3) is 0.636. The minimum absolute atomic E-state index is 0.124. The van der Waals surface area contributed by atoms with Gasteiger partial charge in [0.25, 0.3) is 0 Å². The van der Waals surface area contributed by atoms with Crippen LogP contribution in [0, 0.1) is 17.8 Å². The molecule has 0 unspecified atom stereocenters. The first-order valence-electron chi connectivity index (χ1n) is 10.0. The summed E-state index contributed by atoms with van der Waals surface area (Å²) in [7, 11) is 0. The molecule has 0 aromatic heterocycles. The van der Waals surface area contributed by atoms with Crippen LogP contribution in [0.25, 0.3) is 0 Å². The number of nitrogens with zero attached hydrogens (tertiary/aromatic N) is 2. The summed E-state index contributed by atoms with van der Waals surface area (Å²) in [5, 5.41) is 18.1. The average molecular weight is 357 g/mol. The van der Waals surface area contributed by atoms with Gasteiger partial charge in [0.1, 0.15) is 0 Å². The van der Waals surface area contributed by atoms with Crippen LogP contribution in [0.15, 0.2) is 24.3 Å². The predicted octanol–water partition coefficient (Wildman–Crippen LogP) is 2.09. The first-order chi connectivity index (χ1) is 12.8. The lowest BCUT2D eigenvalue weighted by Gasteiger charge is -2.42. The number of piperidine rings is 2. The fourth-order valence-corrected chi connectivity index (χ4v) is 4.15. The first kappa shape index (κ1) is 19.4. The Morgan fingerprint density at radius 1 is 1.00 bits per heavy atom. The smallest absolute Gasteiger partial charge is 0.0540 e. The van der Waals surface area contributed by atoms with Gasteiger partial charge in [0.15, 0.2) is 0 Å². The summed E-state index contributed by atoms with van der Waals surface area (Å²) in [6, 6.07) is 9.20. The molecule has 0 saturated carbocycles. The van der Waals surface area contributed by atoms with E-state index in [0.717, 1.165) is 44.6 Å². The Kier molecular flexibility index (Phi) is 7.52. The van der Waals surface area contributed by atoms with Crippen molar-refractivity contribution in [1.29, 1.82) is 0 Å². The highest BCUT2D eigenvalue weighted by molar-refractivity contribution is 5.36. The zero-order valence-electron chi connectivity index (χ0n) is 15.7. The lowest BCUT2D eigenvalue weighted by Crippen LogP contribution is -2.50. The van der Waals surface area contributed by atoms with Crippen molar-refractivity contribution >= 4 is 0 Å². The summed E-state index contributed by atoms with van der Waals surface area (Å²) in [6.07, 6.45) is 5.40. The van der Waals surface area contributed by atoms with Gasteiger partial charge in [-0.1, -0.05) is 24.0 Å². The molecule has 2 saturated heterocycles. The highest BCUT2D eigenvalue weighted by Gasteiger charge is 2.28. The molecule has 3 rings (SSSR count). The first-order valence-corrected chi connectivity index (χ1v) is 10.0. The van der Waals surface area contributed by atoms with Gasteiger partial charge >= 0.3 is 0 Å². The summed E-state index contributed by atoms with van der Waals surface area (Å²) >= 11 is 0. The molecule has 1 aromatic carbocycles.